The van der Waals surface area contributed by atoms with Gasteiger partial charge in [-0.2, -0.15) is 0 Å². The van der Waals surface area contributed by atoms with Gasteiger partial charge in [-0.05, 0) is 6.07 Å². The third-order valence-electron chi connectivity index (χ3n) is 2.72. The van der Waals surface area contributed by atoms with Gasteiger partial charge in [0.2, 0.25) is 0 Å². The summed E-state index contributed by atoms with van der Waals surface area (Å²) in [5.41, 5.74) is 4.25. The van der Waals surface area contributed by atoms with Crippen molar-refractivity contribution < 1.29 is 0 Å². The molecule has 0 saturated carbocycles. The van der Waals surface area contributed by atoms with E-state index in [0.717, 1.165) is 31.0 Å². The number of hydrogen-bond donors (Lipinski definition) is 0. The normalized spacial score (nSPS) is 10.2. The van der Waals surface area contributed by atoms with Crippen LogP contribution in [-0.4, -0.2) is 9.49 Å². The minimum absolute atomic E-state index is 0.752. The third kappa shape index (κ3) is 2.29. The maximum Gasteiger partial charge on any atom is 0.155 e. The molecule has 2 nitrogen and oxygen atoms in total. The van der Waals surface area contributed by atoms with E-state index in [1.54, 1.807) is 0 Å². The molecule has 1 aromatic heterocycles. The van der Waals surface area contributed by atoms with Gasteiger partial charge in [0.05, 0.1) is 11.4 Å². The average Bonchev–Trinajstić information content (AvgIpc) is 2.49. The highest BCUT2D eigenvalue weighted by Gasteiger charge is 2.03. The molecule has 0 fully saturated rings. The fourth-order valence-electron chi connectivity index (χ4n) is 1.81. The van der Waals surface area contributed by atoms with Crippen LogP contribution in [-0.2, 0) is 0 Å². The lowest BCUT2D eigenvalue weighted by atomic mass is 10.1. The van der Waals surface area contributed by atoms with Crippen LogP contribution in [0.1, 0.15) is 0 Å². The van der Waals surface area contributed by atoms with Crippen LogP contribution in [0.3, 0.4) is 0 Å². The Hall–Kier alpha value is -2.05. The highest BCUT2D eigenvalue weighted by Crippen LogP contribution is 2.24. The second kappa shape index (κ2) is 5.07. The summed E-state index contributed by atoms with van der Waals surface area (Å²) in [6.45, 7) is 0. The zero-order chi connectivity index (χ0) is 12.2. The molecule has 3 rings (SSSR count). The van der Waals surface area contributed by atoms with Crippen molar-refractivity contribution in [1.82, 2.24) is 9.49 Å². The fourth-order valence-corrected chi connectivity index (χ4v) is 2.39. The molecule has 0 spiro atoms. The molecule has 0 amide bonds. The van der Waals surface area contributed by atoms with E-state index in [2.05, 4.69) is 33.8 Å². The Morgan fingerprint density at radius 3 is 1.50 bits per heavy atom. The van der Waals surface area contributed by atoms with Gasteiger partial charge in [-0.15, -0.1) is 0 Å². The van der Waals surface area contributed by atoms with Crippen LogP contribution < -0.4 is 0 Å². The van der Waals surface area contributed by atoms with Gasteiger partial charge in [0.1, 0.15) is 0 Å². The summed E-state index contributed by atoms with van der Waals surface area (Å²) in [6.07, 6.45) is 0. The first-order chi connectivity index (χ1) is 8.93. The van der Waals surface area contributed by atoms with E-state index in [9.17, 15) is 0 Å². The molecule has 3 aromatic rings. The Bertz CT molecular complexity index is 584. The Morgan fingerprint density at radius 2 is 1.06 bits per heavy atom. The van der Waals surface area contributed by atoms with Crippen LogP contribution >= 0.6 is 8.51 Å². The van der Waals surface area contributed by atoms with Crippen LogP contribution in [0.4, 0.5) is 0 Å². The third-order valence-corrected chi connectivity index (χ3v) is 3.33. The molecular weight excluding hydrogens is 239 g/mol. The molecule has 1 heterocycles. The number of hydrogen-bond acceptors (Lipinski definition) is 2. The zero-order valence-corrected chi connectivity index (χ0v) is 10.6. The Morgan fingerprint density at radius 1 is 0.611 bits per heavy atom. The van der Waals surface area contributed by atoms with Gasteiger partial charge in [0, 0.05) is 11.1 Å². The van der Waals surface area contributed by atoms with Gasteiger partial charge in [0.15, 0.2) is 8.51 Å². The second-order valence-corrected chi connectivity index (χ2v) is 4.52. The van der Waals surface area contributed by atoms with Crippen molar-refractivity contribution in [3.8, 4) is 22.5 Å². The SMILES string of the molecule is c1ccc(-c2cc(-c3ccccc3)npn2)cc1. The van der Waals surface area contributed by atoms with Crippen molar-refractivity contribution in [3.63, 3.8) is 0 Å². The Labute approximate surface area is 108 Å². The summed E-state index contributed by atoms with van der Waals surface area (Å²) >= 11 is 0. The highest BCUT2D eigenvalue weighted by molar-refractivity contribution is 7.20. The van der Waals surface area contributed by atoms with Crippen molar-refractivity contribution in [2.45, 2.75) is 0 Å². The molecule has 0 bridgehead atoms. The van der Waals surface area contributed by atoms with E-state index in [1.165, 1.54) is 0 Å². The summed E-state index contributed by atoms with van der Waals surface area (Å²) in [5, 5.41) is 0. The molecule has 86 valence electrons. The van der Waals surface area contributed by atoms with Crippen molar-refractivity contribution in [2.75, 3.05) is 0 Å². The fraction of sp³-hybridized carbons (Fsp3) is 0. The number of rotatable bonds is 2. The molecule has 2 aromatic carbocycles. The van der Waals surface area contributed by atoms with Crippen molar-refractivity contribution >= 4 is 8.51 Å². The quantitative estimate of drug-likeness (QED) is 0.674. The van der Waals surface area contributed by atoms with E-state index in [0.29, 0.717) is 0 Å². The van der Waals surface area contributed by atoms with Gasteiger partial charge < -0.3 is 0 Å². The molecule has 0 unspecified atom stereocenters. The van der Waals surface area contributed by atoms with E-state index >= 15 is 0 Å². The van der Waals surface area contributed by atoms with Crippen LogP contribution in [0.25, 0.3) is 22.5 Å². The van der Waals surface area contributed by atoms with Crippen LogP contribution in [0.5, 0.6) is 0 Å². The van der Waals surface area contributed by atoms with Crippen LogP contribution in [0, 0.1) is 0 Å². The van der Waals surface area contributed by atoms with E-state index in [4.69, 9.17) is 0 Å². The van der Waals surface area contributed by atoms with Crippen LogP contribution in [0.15, 0.2) is 66.7 Å². The molecule has 0 atom stereocenters. The van der Waals surface area contributed by atoms with E-state index < -0.39 is 0 Å². The van der Waals surface area contributed by atoms with E-state index in [-0.39, 0.29) is 0 Å². The lowest BCUT2D eigenvalue weighted by molar-refractivity contribution is 1.40. The van der Waals surface area contributed by atoms with Crippen molar-refractivity contribution in [3.05, 3.63) is 66.7 Å². The smallest absolute Gasteiger partial charge is 0.155 e. The van der Waals surface area contributed by atoms with Crippen molar-refractivity contribution in [2.24, 2.45) is 0 Å². The zero-order valence-electron chi connectivity index (χ0n) is 9.69. The lowest BCUT2D eigenvalue weighted by Crippen LogP contribution is -1.85. The molecule has 3 heteroatoms. The van der Waals surface area contributed by atoms with Gasteiger partial charge in [0.25, 0.3) is 0 Å². The molecule has 0 N–H and O–H groups in total. The summed E-state index contributed by atoms with van der Waals surface area (Å²) in [7, 11) is 0.752. The standard InChI is InChI=1S/C15H11N2P/c1-3-7-12(8-4-1)14-11-15(17-18-16-14)13-9-5-2-6-10-13/h1-11H. The van der Waals surface area contributed by atoms with Gasteiger partial charge in [-0.1, -0.05) is 60.7 Å². The maximum absolute atomic E-state index is 4.42. The highest BCUT2D eigenvalue weighted by atomic mass is 31.1. The predicted octanol–water partition coefficient (Wildman–Crippen LogP) is 4.39. The summed E-state index contributed by atoms with van der Waals surface area (Å²) in [6, 6.07) is 22.4. The maximum atomic E-state index is 4.42. The Kier molecular flexibility index (Phi) is 3.12. The summed E-state index contributed by atoms with van der Waals surface area (Å²) in [4.78, 5) is 0. The second-order valence-electron chi connectivity index (χ2n) is 3.94. The minimum atomic E-state index is 0.752. The number of benzene rings is 2. The predicted molar refractivity (Wildman–Crippen MR) is 75.4 cm³/mol. The lowest BCUT2D eigenvalue weighted by Gasteiger charge is -2.03. The number of aromatic nitrogens is 2. The first-order valence-electron chi connectivity index (χ1n) is 5.75. The Balaban J connectivity index is 2.05. The van der Waals surface area contributed by atoms with Gasteiger partial charge >= 0.3 is 0 Å². The molecule has 0 radical (unpaired) electrons. The number of nitrogens with zero attached hydrogens (tertiary/aromatic N) is 2. The summed E-state index contributed by atoms with van der Waals surface area (Å²) in [5.74, 6) is 0. The van der Waals surface area contributed by atoms with Crippen molar-refractivity contribution in [1.29, 1.82) is 0 Å². The van der Waals surface area contributed by atoms with Crippen LogP contribution in [0.2, 0.25) is 0 Å². The molecular formula is C15H11N2P. The average molecular weight is 250 g/mol. The first kappa shape index (κ1) is 11.1. The molecule has 0 aliphatic heterocycles. The van der Waals surface area contributed by atoms with Gasteiger partial charge in [-0.3, -0.25) is 0 Å². The summed E-state index contributed by atoms with van der Waals surface area (Å²) < 4.78 is 8.84. The minimum Gasteiger partial charge on any atom is -0.208 e. The topological polar surface area (TPSA) is 25.8 Å². The first-order valence-corrected chi connectivity index (χ1v) is 6.55. The van der Waals surface area contributed by atoms with Gasteiger partial charge in [-0.25, -0.2) is 9.49 Å². The molecule has 0 aliphatic carbocycles. The molecule has 18 heavy (non-hydrogen) atoms. The monoisotopic (exact) mass is 250 g/mol. The van der Waals surface area contributed by atoms with E-state index in [1.807, 2.05) is 42.5 Å². The molecule has 0 aliphatic rings. The largest absolute Gasteiger partial charge is 0.208 e. The molecule has 0 saturated heterocycles.